The van der Waals surface area contributed by atoms with Crippen molar-refractivity contribution in [2.24, 2.45) is 0 Å². The maximum atomic E-state index is 12.3. The summed E-state index contributed by atoms with van der Waals surface area (Å²) in [5, 5.41) is 12.7. The lowest BCUT2D eigenvalue weighted by atomic mass is 10.1. The number of aromatic nitrogens is 2. The van der Waals surface area contributed by atoms with E-state index in [1.807, 2.05) is 0 Å². The van der Waals surface area contributed by atoms with Gasteiger partial charge in [-0.25, -0.2) is 4.79 Å². The van der Waals surface area contributed by atoms with Crippen LogP contribution < -0.4 is 16.6 Å². The average Bonchev–Trinajstić information content (AvgIpc) is 3.36. The summed E-state index contributed by atoms with van der Waals surface area (Å²) in [7, 11) is -3.02. The number of unbranched alkanes of at least 4 members (excludes halogenated alkanes) is 14. The standard InChI is InChI=1S/C33H56N3O9P/c1-2-3-4-5-6-7-8-9-10-11-12-13-14-15-18-21-28(38)34-23-19-16-17-20-25-43-31-30(45-46(41)42)27(26-37)44-32(31)36-24-22-29(39)35-33(36)40/h9-10,22,24,27,30-32,37H,2-8,11-21,23,25-26H2,1H3,(H2-,34,35,38,39,40,41,42)/p+1/b10-9-. The maximum Gasteiger partial charge on any atom is 0.695 e. The number of allylic oxidation sites excluding steroid dienone is 2. The number of amides is 1. The van der Waals surface area contributed by atoms with Gasteiger partial charge in [0.1, 0.15) is 12.2 Å². The maximum absolute atomic E-state index is 12.3. The molecule has 1 fully saturated rings. The van der Waals surface area contributed by atoms with Crippen molar-refractivity contribution >= 4 is 14.2 Å². The molecule has 0 radical (unpaired) electrons. The van der Waals surface area contributed by atoms with E-state index in [1.165, 1.54) is 70.4 Å². The van der Waals surface area contributed by atoms with Gasteiger partial charge in [-0.3, -0.25) is 19.1 Å². The lowest BCUT2D eigenvalue weighted by molar-refractivity contribution is -0.121. The Hall–Kier alpha value is -2.21. The number of hydrogen-bond acceptors (Lipinski definition) is 8. The van der Waals surface area contributed by atoms with Crippen LogP contribution in [0.15, 0.2) is 34.0 Å². The average molecular weight is 671 g/mol. The molecule has 0 aliphatic carbocycles. The molecule has 0 spiro atoms. The van der Waals surface area contributed by atoms with Crippen molar-refractivity contribution in [1.29, 1.82) is 0 Å². The zero-order chi connectivity index (χ0) is 33.4. The molecule has 1 aromatic rings. The summed E-state index contributed by atoms with van der Waals surface area (Å²) in [4.78, 5) is 47.4. The fourth-order valence-electron chi connectivity index (χ4n) is 5.59. The highest BCUT2D eigenvalue weighted by molar-refractivity contribution is 7.32. The lowest BCUT2D eigenvalue weighted by Crippen LogP contribution is -2.40. The topological polar surface area (TPSA) is 169 Å². The Morgan fingerprint density at radius 2 is 1.59 bits per heavy atom. The number of ether oxygens (including phenoxy) is 2. The number of H-pyrrole nitrogens is 1. The van der Waals surface area contributed by atoms with Gasteiger partial charge in [-0.15, -0.1) is 9.42 Å². The predicted molar refractivity (Wildman–Crippen MR) is 178 cm³/mol. The molecular formula is C33H57N3O9P+. The van der Waals surface area contributed by atoms with E-state index in [0.717, 1.165) is 49.2 Å². The fraction of sp³-hybridized carbons (Fsp3) is 0.788. The van der Waals surface area contributed by atoms with E-state index in [1.54, 1.807) is 0 Å². The number of carbonyl (C=O) groups excluding carboxylic acids is 1. The molecule has 0 bridgehead atoms. The third-order valence-corrected chi connectivity index (χ3v) is 8.60. The van der Waals surface area contributed by atoms with E-state index in [9.17, 15) is 28.9 Å². The second-order valence-electron chi connectivity index (χ2n) is 12.0. The van der Waals surface area contributed by atoms with Crippen molar-refractivity contribution in [2.75, 3.05) is 19.8 Å². The Labute approximate surface area is 274 Å². The van der Waals surface area contributed by atoms with E-state index in [4.69, 9.17) is 14.0 Å². The number of nitrogens with one attached hydrogen (secondary N) is 2. The van der Waals surface area contributed by atoms with Crippen molar-refractivity contribution in [3.63, 3.8) is 0 Å². The van der Waals surface area contributed by atoms with E-state index >= 15 is 0 Å². The molecule has 2 rings (SSSR count). The lowest BCUT2D eigenvalue weighted by Gasteiger charge is -2.22. The fourth-order valence-corrected chi connectivity index (χ4v) is 6.05. The molecule has 1 aliphatic rings. The number of nitrogens with zero attached hydrogens (tertiary/aromatic N) is 1. The number of hydrogen-bond donors (Lipinski definition) is 4. The van der Waals surface area contributed by atoms with Gasteiger partial charge in [0.15, 0.2) is 12.3 Å². The van der Waals surface area contributed by atoms with Crippen LogP contribution in [-0.2, 0) is 23.4 Å². The normalized spacial score (nSPS) is 20.0. The first kappa shape index (κ1) is 40.0. The molecule has 1 saturated heterocycles. The van der Waals surface area contributed by atoms with Crippen LogP contribution in [0.1, 0.15) is 129 Å². The molecule has 0 aromatic carbocycles. The van der Waals surface area contributed by atoms with Gasteiger partial charge in [0.05, 0.1) is 6.61 Å². The SMILES string of the molecule is CCCCCCCC/C=C\CCCCCCCC(=O)NCCCCCCOC1C(O[P+](=O)O)C(CO)OC1n1ccc(=O)[nH]c1=O. The van der Waals surface area contributed by atoms with E-state index < -0.39 is 50.7 Å². The molecule has 0 saturated carbocycles. The Morgan fingerprint density at radius 1 is 0.957 bits per heavy atom. The Kier molecular flexibility index (Phi) is 21.6. The highest BCUT2D eigenvalue weighted by atomic mass is 31.1. The van der Waals surface area contributed by atoms with Crippen LogP contribution in [-0.4, -0.2) is 63.5 Å². The van der Waals surface area contributed by atoms with Crippen LogP contribution >= 0.6 is 8.25 Å². The summed E-state index contributed by atoms with van der Waals surface area (Å²) in [6.07, 6.45) is 21.6. The van der Waals surface area contributed by atoms with Gasteiger partial charge in [-0.1, -0.05) is 83.3 Å². The van der Waals surface area contributed by atoms with E-state index in [2.05, 4.69) is 29.4 Å². The van der Waals surface area contributed by atoms with E-state index in [-0.39, 0.29) is 12.5 Å². The Balaban J connectivity index is 1.52. The summed E-state index contributed by atoms with van der Waals surface area (Å²) in [6.45, 7) is 2.60. The molecule has 262 valence electrons. The van der Waals surface area contributed by atoms with Gasteiger partial charge in [0.25, 0.3) is 5.56 Å². The third kappa shape index (κ3) is 16.6. The molecule has 4 N–H and O–H groups in total. The summed E-state index contributed by atoms with van der Waals surface area (Å²) in [5.74, 6) is 0.0948. The summed E-state index contributed by atoms with van der Waals surface area (Å²) < 4.78 is 29.2. The largest absolute Gasteiger partial charge is 0.695 e. The minimum absolute atomic E-state index is 0.0948. The number of aliphatic hydroxyl groups excluding tert-OH is 1. The van der Waals surface area contributed by atoms with Crippen molar-refractivity contribution < 1.29 is 33.4 Å². The molecule has 2 heterocycles. The van der Waals surface area contributed by atoms with Crippen molar-refractivity contribution in [2.45, 2.75) is 147 Å². The quantitative estimate of drug-likeness (QED) is 0.0532. The van der Waals surface area contributed by atoms with Crippen LogP contribution in [0.5, 0.6) is 0 Å². The zero-order valence-corrected chi connectivity index (χ0v) is 28.5. The summed E-state index contributed by atoms with van der Waals surface area (Å²) >= 11 is 0. The highest BCUT2D eigenvalue weighted by Gasteiger charge is 2.51. The molecule has 1 amide bonds. The van der Waals surface area contributed by atoms with Gasteiger partial charge in [0.2, 0.25) is 5.91 Å². The number of rotatable bonds is 27. The first-order valence-electron chi connectivity index (χ1n) is 17.3. The number of aromatic amines is 1. The van der Waals surface area contributed by atoms with Gasteiger partial charge < -0.3 is 19.9 Å². The smallest absolute Gasteiger partial charge is 0.394 e. The molecule has 12 nitrogen and oxygen atoms in total. The van der Waals surface area contributed by atoms with Gasteiger partial charge in [-0.05, 0) is 44.9 Å². The highest BCUT2D eigenvalue weighted by Crippen LogP contribution is 2.37. The molecule has 5 unspecified atom stereocenters. The second-order valence-corrected chi connectivity index (χ2v) is 12.7. The summed E-state index contributed by atoms with van der Waals surface area (Å²) in [6, 6.07) is 1.15. The van der Waals surface area contributed by atoms with Crippen molar-refractivity contribution in [3.8, 4) is 0 Å². The third-order valence-electron chi connectivity index (χ3n) is 8.17. The molecular weight excluding hydrogens is 613 g/mol. The van der Waals surface area contributed by atoms with Crippen molar-refractivity contribution in [1.82, 2.24) is 14.9 Å². The van der Waals surface area contributed by atoms with Crippen LogP contribution in [0.25, 0.3) is 0 Å². The zero-order valence-electron chi connectivity index (χ0n) is 27.6. The molecule has 1 aromatic heterocycles. The van der Waals surface area contributed by atoms with Crippen molar-refractivity contribution in [3.05, 3.63) is 45.3 Å². The molecule has 46 heavy (non-hydrogen) atoms. The van der Waals surface area contributed by atoms with Gasteiger partial charge >= 0.3 is 13.9 Å². The van der Waals surface area contributed by atoms with Crippen LogP contribution in [0, 0.1) is 0 Å². The minimum atomic E-state index is -3.02. The van der Waals surface area contributed by atoms with E-state index in [0.29, 0.717) is 19.4 Å². The second kappa shape index (κ2) is 24.9. The Bertz CT molecular complexity index is 1130. The molecule has 5 atom stereocenters. The number of carbonyl (C=O) groups is 1. The van der Waals surface area contributed by atoms with Gasteiger partial charge in [0, 0.05) is 36.4 Å². The molecule has 1 aliphatic heterocycles. The monoisotopic (exact) mass is 670 g/mol. The van der Waals surface area contributed by atoms with Gasteiger partial charge in [-0.2, -0.15) is 0 Å². The first-order valence-corrected chi connectivity index (χ1v) is 18.4. The first-order chi connectivity index (χ1) is 22.4. The van der Waals surface area contributed by atoms with Crippen LogP contribution in [0.4, 0.5) is 0 Å². The Morgan fingerprint density at radius 3 is 2.24 bits per heavy atom. The number of aliphatic hydroxyl groups is 1. The minimum Gasteiger partial charge on any atom is -0.394 e. The van der Waals surface area contributed by atoms with Crippen LogP contribution in [0.2, 0.25) is 0 Å². The molecule has 13 heteroatoms. The summed E-state index contributed by atoms with van der Waals surface area (Å²) in [5.41, 5.74) is -1.32. The van der Waals surface area contributed by atoms with Crippen LogP contribution in [0.3, 0.4) is 0 Å². The predicted octanol–water partition coefficient (Wildman–Crippen LogP) is 5.56.